The Balaban J connectivity index is 2.33. The van der Waals surface area contributed by atoms with E-state index in [1.54, 1.807) is 21.0 Å². The van der Waals surface area contributed by atoms with Gasteiger partial charge in [-0.15, -0.1) is 0 Å². The summed E-state index contributed by atoms with van der Waals surface area (Å²) in [5.74, 6) is 0.0156. The van der Waals surface area contributed by atoms with Crippen molar-refractivity contribution in [1.29, 1.82) is 0 Å². The second-order valence-corrected chi connectivity index (χ2v) is 6.41. The van der Waals surface area contributed by atoms with Crippen LogP contribution in [0.25, 0.3) is 0 Å². The minimum atomic E-state index is -0.781. The van der Waals surface area contributed by atoms with Gasteiger partial charge in [0.1, 0.15) is 5.75 Å². The normalized spacial score (nSPS) is 15.9. The third kappa shape index (κ3) is 3.69. The van der Waals surface area contributed by atoms with E-state index in [1.807, 2.05) is 12.1 Å². The van der Waals surface area contributed by atoms with Gasteiger partial charge >= 0.3 is 5.97 Å². The number of carbonyl (C=O) groups is 1. The largest absolute Gasteiger partial charge is 0.497 e. The van der Waals surface area contributed by atoms with E-state index in [0.717, 1.165) is 30.1 Å². The first kappa shape index (κ1) is 15.7. The van der Waals surface area contributed by atoms with Crippen molar-refractivity contribution in [3.8, 4) is 5.75 Å². The van der Waals surface area contributed by atoms with Crippen molar-refractivity contribution in [2.24, 2.45) is 5.41 Å². The second-order valence-electron chi connectivity index (χ2n) is 6.41. The van der Waals surface area contributed by atoms with Crippen molar-refractivity contribution in [2.75, 3.05) is 25.1 Å². The van der Waals surface area contributed by atoms with Crippen molar-refractivity contribution >= 4 is 11.7 Å². The average Bonchev–Trinajstić information content (AvgIpc) is 2.47. The van der Waals surface area contributed by atoms with Crippen LogP contribution in [0.2, 0.25) is 0 Å². The summed E-state index contributed by atoms with van der Waals surface area (Å²) < 4.78 is 5.31. The lowest BCUT2D eigenvalue weighted by Crippen LogP contribution is -2.32. The molecule has 0 aliphatic carbocycles. The smallest absolute Gasteiger partial charge is 0.309 e. The molecule has 21 heavy (non-hydrogen) atoms. The molecule has 2 rings (SSSR count). The quantitative estimate of drug-likeness (QED) is 0.904. The zero-order valence-corrected chi connectivity index (χ0v) is 13.2. The predicted octanol–water partition coefficient (Wildman–Crippen LogP) is 3.34. The van der Waals surface area contributed by atoms with Crippen molar-refractivity contribution in [3.63, 3.8) is 0 Å². The highest BCUT2D eigenvalue weighted by molar-refractivity contribution is 5.74. The van der Waals surface area contributed by atoms with Crippen molar-refractivity contribution < 1.29 is 14.6 Å². The van der Waals surface area contributed by atoms with Crippen LogP contribution in [0.3, 0.4) is 0 Å². The van der Waals surface area contributed by atoms with Crippen LogP contribution in [-0.2, 0) is 11.2 Å². The first-order chi connectivity index (χ1) is 9.94. The highest BCUT2D eigenvalue weighted by Crippen LogP contribution is 2.33. The van der Waals surface area contributed by atoms with E-state index in [2.05, 4.69) is 11.0 Å². The maximum atomic E-state index is 11.4. The fraction of sp³-hybridized carbons (Fsp3) is 0.588. The van der Waals surface area contributed by atoms with Crippen molar-refractivity contribution in [3.05, 3.63) is 23.8 Å². The van der Waals surface area contributed by atoms with Gasteiger partial charge in [0.2, 0.25) is 0 Å². The lowest BCUT2D eigenvalue weighted by Gasteiger charge is -2.32. The molecule has 4 nitrogen and oxygen atoms in total. The number of aliphatic carboxylic acids is 1. The molecule has 0 bridgehead atoms. The molecule has 116 valence electrons. The van der Waals surface area contributed by atoms with E-state index in [9.17, 15) is 9.90 Å². The maximum absolute atomic E-state index is 11.4. The molecule has 0 saturated carbocycles. The second kappa shape index (κ2) is 6.37. The van der Waals surface area contributed by atoms with Crippen LogP contribution in [0.5, 0.6) is 5.75 Å². The third-order valence-corrected chi connectivity index (χ3v) is 4.19. The molecule has 1 heterocycles. The summed E-state index contributed by atoms with van der Waals surface area (Å²) in [5.41, 5.74) is 1.44. The Morgan fingerprint density at radius 3 is 2.52 bits per heavy atom. The van der Waals surface area contributed by atoms with E-state index in [0.29, 0.717) is 6.42 Å². The Hall–Kier alpha value is -1.71. The highest BCUT2D eigenvalue weighted by Gasteiger charge is 2.29. The lowest BCUT2D eigenvalue weighted by molar-refractivity contribution is -0.146. The monoisotopic (exact) mass is 291 g/mol. The molecule has 0 amide bonds. The molecule has 1 aliphatic heterocycles. The SMILES string of the molecule is COc1ccc(N2CCCCC2)c(CC(C)(C)C(=O)O)c1. The number of piperidine rings is 1. The van der Waals surface area contributed by atoms with Gasteiger partial charge in [0.05, 0.1) is 12.5 Å². The van der Waals surface area contributed by atoms with E-state index in [1.165, 1.54) is 19.3 Å². The van der Waals surface area contributed by atoms with Crippen LogP contribution in [0, 0.1) is 5.41 Å². The Kier molecular flexibility index (Phi) is 4.76. The van der Waals surface area contributed by atoms with Gasteiger partial charge in [-0.25, -0.2) is 0 Å². The summed E-state index contributed by atoms with van der Waals surface area (Å²) in [7, 11) is 1.64. The number of nitrogens with zero attached hydrogens (tertiary/aromatic N) is 1. The highest BCUT2D eigenvalue weighted by atomic mass is 16.5. The molecule has 1 fully saturated rings. The molecule has 0 spiro atoms. The van der Waals surface area contributed by atoms with Gasteiger partial charge in [0.15, 0.2) is 0 Å². The van der Waals surface area contributed by atoms with E-state index in [-0.39, 0.29) is 0 Å². The number of anilines is 1. The van der Waals surface area contributed by atoms with Crippen LogP contribution >= 0.6 is 0 Å². The number of hydrogen-bond acceptors (Lipinski definition) is 3. The molecule has 0 radical (unpaired) electrons. The first-order valence-electron chi connectivity index (χ1n) is 7.59. The number of hydrogen-bond donors (Lipinski definition) is 1. The van der Waals surface area contributed by atoms with Crippen LogP contribution in [0.4, 0.5) is 5.69 Å². The van der Waals surface area contributed by atoms with Gasteiger partial charge in [0.25, 0.3) is 0 Å². The summed E-state index contributed by atoms with van der Waals surface area (Å²) in [6.45, 7) is 5.64. The summed E-state index contributed by atoms with van der Waals surface area (Å²) in [6.07, 6.45) is 4.19. The molecular weight excluding hydrogens is 266 g/mol. The number of methoxy groups -OCH3 is 1. The number of ether oxygens (including phenoxy) is 1. The molecule has 1 saturated heterocycles. The molecule has 1 N–H and O–H groups in total. The molecule has 1 aliphatic rings. The van der Waals surface area contributed by atoms with Gasteiger partial charge in [-0.1, -0.05) is 0 Å². The molecule has 1 aromatic carbocycles. The van der Waals surface area contributed by atoms with E-state index in [4.69, 9.17) is 4.74 Å². The number of benzene rings is 1. The van der Waals surface area contributed by atoms with E-state index < -0.39 is 11.4 Å². The standard InChI is InChI=1S/C17H25NO3/c1-17(2,16(19)20)12-13-11-14(21-3)7-8-15(13)18-9-5-4-6-10-18/h7-8,11H,4-6,9-10,12H2,1-3H3,(H,19,20). The molecule has 0 atom stereocenters. The van der Waals surface area contributed by atoms with Gasteiger partial charge in [-0.05, 0) is 63.3 Å². The van der Waals surface area contributed by atoms with Gasteiger partial charge in [-0.2, -0.15) is 0 Å². The topological polar surface area (TPSA) is 49.8 Å². The summed E-state index contributed by atoms with van der Waals surface area (Å²) in [5, 5.41) is 9.39. The minimum absolute atomic E-state index is 0.505. The Morgan fingerprint density at radius 1 is 1.29 bits per heavy atom. The predicted molar refractivity (Wildman–Crippen MR) is 84.2 cm³/mol. The van der Waals surface area contributed by atoms with Crippen LogP contribution in [0.1, 0.15) is 38.7 Å². The van der Waals surface area contributed by atoms with Gasteiger partial charge in [0, 0.05) is 18.8 Å². The number of carboxylic acid groups (broad SMARTS) is 1. The number of carboxylic acids is 1. The fourth-order valence-electron chi connectivity index (χ4n) is 2.83. The van der Waals surface area contributed by atoms with Gasteiger partial charge in [-0.3, -0.25) is 4.79 Å². The molecule has 0 aromatic heterocycles. The van der Waals surface area contributed by atoms with Crippen LogP contribution < -0.4 is 9.64 Å². The fourth-order valence-corrected chi connectivity index (χ4v) is 2.83. The average molecular weight is 291 g/mol. The summed E-state index contributed by atoms with van der Waals surface area (Å²) in [6, 6.07) is 6.01. The van der Waals surface area contributed by atoms with E-state index >= 15 is 0 Å². The third-order valence-electron chi connectivity index (χ3n) is 4.19. The number of rotatable bonds is 5. The van der Waals surface area contributed by atoms with Gasteiger partial charge < -0.3 is 14.7 Å². The molecule has 4 heteroatoms. The van der Waals surface area contributed by atoms with Crippen LogP contribution in [-0.4, -0.2) is 31.3 Å². The Bertz CT molecular complexity index is 505. The minimum Gasteiger partial charge on any atom is -0.497 e. The van der Waals surface area contributed by atoms with Crippen LogP contribution in [0.15, 0.2) is 18.2 Å². The molecule has 0 unspecified atom stereocenters. The zero-order valence-electron chi connectivity index (χ0n) is 13.2. The Labute approximate surface area is 126 Å². The van der Waals surface area contributed by atoms with Crippen molar-refractivity contribution in [2.45, 2.75) is 39.5 Å². The summed E-state index contributed by atoms with van der Waals surface area (Å²) in [4.78, 5) is 13.8. The van der Waals surface area contributed by atoms with Crippen molar-refractivity contribution in [1.82, 2.24) is 0 Å². The molecular formula is C17H25NO3. The summed E-state index contributed by atoms with van der Waals surface area (Å²) >= 11 is 0. The maximum Gasteiger partial charge on any atom is 0.309 e. The molecule has 1 aromatic rings. The Morgan fingerprint density at radius 2 is 1.95 bits per heavy atom. The lowest BCUT2D eigenvalue weighted by atomic mass is 9.85. The first-order valence-corrected chi connectivity index (χ1v) is 7.59. The zero-order chi connectivity index (χ0) is 15.5.